The summed E-state index contributed by atoms with van der Waals surface area (Å²) in [6, 6.07) is 8.19. The molecule has 3 aromatic rings. The molecule has 14 heteroatoms. The summed E-state index contributed by atoms with van der Waals surface area (Å²) in [5, 5.41) is 34.0. The van der Waals surface area contributed by atoms with E-state index in [2.05, 4.69) is 64.9 Å². The number of carbonyl (C=O) groups is 1. The third-order valence-electron chi connectivity index (χ3n) is 7.99. The zero-order valence-electron chi connectivity index (χ0n) is 23.5. The summed E-state index contributed by atoms with van der Waals surface area (Å²) < 4.78 is 1.45. The minimum absolute atomic E-state index is 0.0685. The lowest BCUT2D eigenvalue weighted by molar-refractivity contribution is -0.123. The van der Waals surface area contributed by atoms with Gasteiger partial charge in [0.1, 0.15) is 6.07 Å². The molecule has 2 saturated heterocycles. The summed E-state index contributed by atoms with van der Waals surface area (Å²) in [6.07, 6.45) is 5.10. The molecule has 2 aliphatic heterocycles. The fourth-order valence-electron chi connectivity index (χ4n) is 5.39. The van der Waals surface area contributed by atoms with Crippen LogP contribution in [0.3, 0.4) is 0 Å². The smallest absolute Gasteiger partial charge is 0.247 e. The van der Waals surface area contributed by atoms with Gasteiger partial charge < -0.3 is 25.8 Å². The molecule has 0 bridgehead atoms. The Hall–Kier alpha value is -4.17. The molecule has 1 saturated carbocycles. The SMILES string of the molecule is CN1CCN(CC(=O)NC2CCN(c3cc(C#N)cc(Nc4nc(NC5CC5)c5ncc(C#N)n5n4)c3Cl)CC2)CC1. The molecule has 1 aromatic carbocycles. The van der Waals surface area contributed by atoms with Crippen LogP contribution in [-0.2, 0) is 4.79 Å². The second kappa shape index (κ2) is 12.0. The van der Waals surface area contributed by atoms with Crippen LogP contribution >= 0.6 is 11.6 Å². The van der Waals surface area contributed by atoms with Gasteiger partial charge >= 0.3 is 0 Å². The number of rotatable bonds is 8. The summed E-state index contributed by atoms with van der Waals surface area (Å²) in [7, 11) is 2.10. The third kappa shape index (κ3) is 6.19. The zero-order chi connectivity index (χ0) is 29.2. The van der Waals surface area contributed by atoms with E-state index in [9.17, 15) is 15.3 Å². The maximum absolute atomic E-state index is 12.7. The van der Waals surface area contributed by atoms with Crippen LogP contribution in [0.25, 0.3) is 5.65 Å². The molecule has 2 aromatic heterocycles. The van der Waals surface area contributed by atoms with Crippen LogP contribution in [-0.4, -0.2) is 100 Å². The molecule has 3 N–H and O–H groups in total. The number of piperidine rings is 1. The Labute approximate surface area is 249 Å². The van der Waals surface area contributed by atoms with Crippen LogP contribution in [0, 0.1) is 22.7 Å². The highest BCUT2D eigenvalue weighted by Gasteiger charge is 2.27. The molecule has 42 heavy (non-hydrogen) atoms. The number of piperazine rings is 1. The van der Waals surface area contributed by atoms with Gasteiger partial charge in [0.25, 0.3) is 0 Å². The van der Waals surface area contributed by atoms with Crippen LogP contribution < -0.4 is 20.9 Å². The number of amides is 1. The average molecular weight is 589 g/mol. The third-order valence-corrected chi connectivity index (χ3v) is 8.38. The monoisotopic (exact) mass is 588 g/mol. The number of aromatic nitrogens is 4. The quantitative estimate of drug-likeness (QED) is 0.355. The molecule has 4 heterocycles. The van der Waals surface area contributed by atoms with Crippen LogP contribution in [0.1, 0.15) is 36.9 Å². The Balaban J connectivity index is 1.15. The lowest BCUT2D eigenvalue weighted by Crippen LogP contribution is -2.51. The number of anilines is 4. The van der Waals surface area contributed by atoms with E-state index in [0.29, 0.717) is 53.4 Å². The minimum Gasteiger partial charge on any atom is -0.370 e. The Kier molecular flexibility index (Phi) is 7.98. The first-order valence-corrected chi connectivity index (χ1v) is 14.7. The number of hydrogen-bond acceptors (Lipinski definition) is 11. The Morgan fingerprint density at radius 1 is 1.05 bits per heavy atom. The van der Waals surface area contributed by atoms with Crippen molar-refractivity contribution in [3.05, 3.63) is 34.6 Å². The van der Waals surface area contributed by atoms with E-state index in [-0.39, 0.29) is 23.6 Å². The number of imidazole rings is 1. The molecule has 218 valence electrons. The molecule has 6 rings (SSSR count). The highest BCUT2D eigenvalue weighted by Crippen LogP contribution is 2.37. The summed E-state index contributed by atoms with van der Waals surface area (Å²) >= 11 is 6.92. The molecule has 13 nitrogen and oxygen atoms in total. The lowest BCUT2D eigenvalue weighted by Gasteiger charge is -2.36. The Bertz CT molecular complexity index is 1560. The standard InChI is InChI=1S/C28H33ClN12O/c1-38-8-10-39(11-9-38)17-24(42)33-20-4-6-40(7-5-20)23-13-18(14-30)12-22(25(23)29)35-28-36-26(34-19-2-3-19)27-32-16-21(15-31)41(27)37-28/h12-13,16,19-20H,2-11,17H2,1H3,(H,33,42)(H2,34,35,36,37). The van der Waals surface area contributed by atoms with Crippen molar-refractivity contribution in [3.8, 4) is 12.1 Å². The first-order valence-electron chi connectivity index (χ1n) is 14.3. The molecular formula is C28H33ClN12O. The van der Waals surface area contributed by atoms with Gasteiger partial charge in [0.2, 0.25) is 11.9 Å². The van der Waals surface area contributed by atoms with E-state index >= 15 is 0 Å². The summed E-state index contributed by atoms with van der Waals surface area (Å²) in [6.45, 7) is 5.58. The fraction of sp³-hybridized carbons (Fsp3) is 0.500. The highest BCUT2D eigenvalue weighted by atomic mass is 35.5. The highest BCUT2D eigenvalue weighted by molar-refractivity contribution is 6.36. The largest absolute Gasteiger partial charge is 0.370 e. The van der Waals surface area contributed by atoms with Gasteiger partial charge in [0, 0.05) is 51.4 Å². The predicted molar refractivity (Wildman–Crippen MR) is 159 cm³/mol. The van der Waals surface area contributed by atoms with Gasteiger partial charge in [-0.25, -0.2) is 4.98 Å². The van der Waals surface area contributed by atoms with Crippen molar-refractivity contribution in [2.45, 2.75) is 37.8 Å². The maximum atomic E-state index is 12.7. The first-order chi connectivity index (χ1) is 20.4. The van der Waals surface area contributed by atoms with Crippen molar-refractivity contribution in [3.63, 3.8) is 0 Å². The molecule has 0 unspecified atom stereocenters. The number of nitrogens with zero attached hydrogens (tertiary/aromatic N) is 9. The van der Waals surface area contributed by atoms with E-state index in [1.807, 2.05) is 0 Å². The second-order valence-electron chi connectivity index (χ2n) is 11.2. The van der Waals surface area contributed by atoms with Gasteiger partial charge in [-0.05, 0) is 44.9 Å². The van der Waals surface area contributed by atoms with Gasteiger partial charge in [0.05, 0.1) is 40.8 Å². The molecule has 0 radical (unpaired) electrons. The number of fused-ring (bicyclic) bond motifs is 1. The Morgan fingerprint density at radius 2 is 1.81 bits per heavy atom. The van der Waals surface area contributed by atoms with E-state index < -0.39 is 0 Å². The van der Waals surface area contributed by atoms with Crippen molar-refractivity contribution < 1.29 is 4.79 Å². The first kappa shape index (κ1) is 28.0. The van der Waals surface area contributed by atoms with Crippen molar-refractivity contribution in [1.82, 2.24) is 34.7 Å². The average Bonchev–Trinajstić information content (AvgIpc) is 3.71. The molecule has 0 atom stereocenters. The molecule has 3 aliphatic rings. The molecule has 0 spiro atoms. The molecule has 1 amide bonds. The van der Waals surface area contributed by atoms with Crippen LogP contribution in [0.4, 0.5) is 23.1 Å². The second-order valence-corrected chi connectivity index (χ2v) is 11.6. The van der Waals surface area contributed by atoms with Crippen molar-refractivity contribution in [1.29, 1.82) is 10.5 Å². The van der Waals surface area contributed by atoms with E-state index in [4.69, 9.17) is 11.6 Å². The van der Waals surface area contributed by atoms with E-state index in [1.54, 1.807) is 12.1 Å². The molecular weight excluding hydrogens is 556 g/mol. The summed E-state index contributed by atoms with van der Waals surface area (Å²) in [5.74, 6) is 0.824. The fourth-order valence-corrected chi connectivity index (χ4v) is 5.67. The molecule has 1 aliphatic carbocycles. The van der Waals surface area contributed by atoms with Crippen LogP contribution in [0.15, 0.2) is 18.3 Å². The van der Waals surface area contributed by atoms with Crippen molar-refractivity contribution in [2.75, 3.05) is 68.4 Å². The van der Waals surface area contributed by atoms with Gasteiger partial charge in [-0.1, -0.05) is 11.6 Å². The van der Waals surface area contributed by atoms with Gasteiger partial charge in [-0.15, -0.1) is 5.10 Å². The predicted octanol–water partition coefficient (Wildman–Crippen LogP) is 2.17. The number of carbonyl (C=O) groups excluding carboxylic acids is 1. The number of nitriles is 2. The Morgan fingerprint density at radius 3 is 2.50 bits per heavy atom. The molecule has 3 fully saturated rings. The lowest BCUT2D eigenvalue weighted by atomic mass is 10.0. The zero-order valence-corrected chi connectivity index (χ0v) is 24.2. The maximum Gasteiger partial charge on any atom is 0.247 e. The van der Waals surface area contributed by atoms with Crippen molar-refractivity contribution in [2.24, 2.45) is 0 Å². The van der Waals surface area contributed by atoms with Crippen LogP contribution in [0.2, 0.25) is 5.02 Å². The van der Waals surface area contributed by atoms with Crippen LogP contribution in [0.5, 0.6) is 0 Å². The number of halogens is 1. The van der Waals surface area contributed by atoms with E-state index in [0.717, 1.165) is 57.5 Å². The van der Waals surface area contributed by atoms with Gasteiger partial charge in [-0.2, -0.15) is 20.0 Å². The number of hydrogen-bond donors (Lipinski definition) is 3. The summed E-state index contributed by atoms with van der Waals surface area (Å²) in [4.78, 5) is 28.2. The van der Waals surface area contributed by atoms with Gasteiger partial charge in [0.15, 0.2) is 17.2 Å². The number of nitrogens with one attached hydrogen (secondary N) is 3. The topological polar surface area (TPSA) is 154 Å². The number of benzene rings is 1. The summed E-state index contributed by atoms with van der Waals surface area (Å²) in [5.41, 5.74) is 2.42. The van der Waals surface area contributed by atoms with Crippen molar-refractivity contribution >= 4 is 46.3 Å². The number of likely N-dealkylation sites (N-methyl/N-ethyl adjacent to an activating group) is 1. The normalized spacial score (nSPS) is 18.4. The van der Waals surface area contributed by atoms with E-state index in [1.165, 1.54) is 10.7 Å². The minimum atomic E-state index is 0.0685. The van der Waals surface area contributed by atoms with Gasteiger partial charge in [-0.3, -0.25) is 9.69 Å².